The number of nitrogens with one attached hydrogen (secondary N) is 1. The molecule has 10 heteroatoms. The van der Waals surface area contributed by atoms with Crippen LogP contribution in [0.1, 0.15) is 74.3 Å². The van der Waals surface area contributed by atoms with Gasteiger partial charge < -0.3 is 9.37 Å². The molecule has 0 bridgehead atoms. The van der Waals surface area contributed by atoms with Crippen LogP contribution in [0.4, 0.5) is 5.88 Å². The Morgan fingerprint density at radius 3 is 2.56 bits per heavy atom. The van der Waals surface area contributed by atoms with Gasteiger partial charge in [0, 0.05) is 23.1 Å². The molecule has 0 atom stereocenters. The van der Waals surface area contributed by atoms with Gasteiger partial charge in [-0.2, -0.15) is 0 Å². The van der Waals surface area contributed by atoms with Crippen LogP contribution in [0.3, 0.4) is 0 Å². The first-order valence-corrected chi connectivity index (χ1v) is 15.6. The number of carbonyl (C=O) groups excluding carboxylic acids is 1. The smallest absolute Gasteiger partial charge is 0.264 e. The molecule has 5 rings (SSSR count). The van der Waals surface area contributed by atoms with E-state index < -0.39 is 15.6 Å². The molecule has 1 aromatic heterocycles. The third kappa shape index (κ3) is 5.51. The predicted molar refractivity (Wildman–Crippen MR) is 158 cm³/mol. The quantitative estimate of drug-likeness (QED) is 0.282. The molecule has 41 heavy (non-hydrogen) atoms. The number of nitrogens with zero attached hydrogens (tertiary/aromatic N) is 4. The van der Waals surface area contributed by atoms with Crippen LogP contribution in [0.5, 0.6) is 0 Å². The Bertz CT molecular complexity index is 1640. The topological polar surface area (TPSA) is 109 Å². The number of aromatic nitrogens is 1. The maximum absolute atomic E-state index is 13.6. The highest BCUT2D eigenvalue weighted by Gasteiger charge is 2.49. The van der Waals surface area contributed by atoms with Crippen molar-refractivity contribution < 1.29 is 17.7 Å². The number of aliphatic imine (C=N–C) groups is 1. The molecule has 0 radical (unpaired) electrons. The number of carbonyl (C=O) groups is 1. The second-order valence-corrected chi connectivity index (χ2v) is 12.5. The molecule has 0 saturated heterocycles. The SMILES string of the molecule is [C-]#[N+]Cc1cc(CN2C(=O)C3(CCCC3)N=C2CCCC)ccc1-c1ccccc1S(=O)(=O)Nc1onc(C)c1C. The van der Waals surface area contributed by atoms with Gasteiger partial charge in [0.05, 0.1) is 17.1 Å². The van der Waals surface area contributed by atoms with Gasteiger partial charge in [0.15, 0.2) is 0 Å². The summed E-state index contributed by atoms with van der Waals surface area (Å²) in [6, 6.07) is 12.4. The summed E-state index contributed by atoms with van der Waals surface area (Å²) in [5, 5.41) is 3.84. The van der Waals surface area contributed by atoms with Crippen molar-refractivity contribution >= 4 is 27.7 Å². The summed E-state index contributed by atoms with van der Waals surface area (Å²) >= 11 is 0. The van der Waals surface area contributed by atoms with Crippen LogP contribution in [0.25, 0.3) is 16.0 Å². The zero-order valence-electron chi connectivity index (χ0n) is 23.7. The summed E-state index contributed by atoms with van der Waals surface area (Å²) in [5.41, 5.74) is 3.31. The zero-order chi connectivity index (χ0) is 29.2. The lowest BCUT2D eigenvalue weighted by atomic mass is 9.96. The van der Waals surface area contributed by atoms with E-state index in [1.807, 2.05) is 23.1 Å². The largest absolute Gasteiger partial charge is 0.337 e. The molecule has 1 amide bonds. The lowest BCUT2D eigenvalue weighted by Gasteiger charge is -2.23. The predicted octanol–water partition coefficient (Wildman–Crippen LogP) is 6.42. The lowest BCUT2D eigenvalue weighted by molar-refractivity contribution is -0.131. The van der Waals surface area contributed by atoms with Gasteiger partial charge in [0.1, 0.15) is 11.4 Å². The molecule has 3 aromatic rings. The number of hydrogen-bond acceptors (Lipinski definition) is 6. The molecule has 214 valence electrons. The van der Waals surface area contributed by atoms with Crippen molar-refractivity contribution in [3.05, 3.63) is 76.3 Å². The summed E-state index contributed by atoms with van der Waals surface area (Å²) < 4.78 is 34.7. The Labute approximate surface area is 241 Å². The van der Waals surface area contributed by atoms with Gasteiger partial charge in [0.2, 0.25) is 12.4 Å². The Morgan fingerprint density at radius 2 is 1.88 bits per heavy atom. The molecule has 2 aromatic carbocycles. The van der Waals surface area contributed by atoms with Crippen molar-refractivity contribution in [2.24, 2.45) is 4.99 Å². The van der Waals surface area contributed by atoms with E-state index >= 15 is 0 Å². The van der Waals surface area contributed by atoms with Crippen molar-refractivity contribution in [3.8, 4) is 11.1 Å². The lowest BCUT2D eigenvalue weighted by Crippen LogP contribution is -2.40. The van der Waals surface area contributed by atoms with Gasteiger partial charge in [-0.25, -0.2) is 19.7 Å². The van der Waals surface area contributed by atoms with E-state index in [0.29, 0.717) is 34.5 Å². The molecule has 2 aliphatic rings. The highest BCUT2D eigenvalue weighted by Crippen LogP contribution is 2.40. The summed E-state index contributed by atoms with van der Waals surface area (Å²) in [6.07, 6.45) is 6.37. The maximum atomic E-state index is 13.6. The highest BCUT2D eigenvalue weighted by molar-refractivity contribution is 7.92. The van der Waals surface area contributed by atoms with Crippen LogP contribution in [0.15, 0.2) is 56.9 Å². The first-order chi connectivity index (χ1) is 19.7. The molecule has 2 heterocycles. The highest BCUT2D eigenvalue weighted by atomic mass is 32.2. The standard InChI is InChI=1S/C31H35N5O4S/c1-5-6-13-28-33-31(16-9-10-17-31)30(37)36(28)20-23-14-15-25(24(18-23)19-32-4)26-11-7-8-12-27(26)41(38,39)35-29-21(2)22(3)34-40-29/h7-8,11-12,14-15,18,35H,5-6,9-10,13,16-17,19-20H2,1-3H3. The fourth-order valence-corrected chi connectivity index (χ4v) is 6.99. The number of amidine groups is 1. The number of unbranched alkanes of at least 4 members (excludes halogenated alkanes) is 1. The van der Waals surface area contributed by atoms with Crippen LogP contribution in [-0.2, 0) is 27.9 Å². The van der Waals surface area contributed by atoms with Crippen LogP contribution in [-0.4, -0.2) is 35.8 Å². The van der Waals surface area contributed by atoms with Gasteiger partial charge in [-0.05, 0) is 56.4 Å². The second-order valence-electron chi connectivity index (χ2n) is 10.9. The summed E-state index contributed by atoms with van der Waals surface area (Å²) in [6.45, 7) is 13.6. The molecular weight excluding hydrogens is 538 g/mol. The molecule has 1 saturated carbocycles. The zero-order valence-corrected chi connectivity index (χ0v) is 24.6. The molecule has 1 aliphatic carbocycles. The average Bonchev–Trinajstić information content (AvgIpc) is 3.63. The Morgan fingerprint density at radius 1 is 1.12 bits per heavy atom. The molecular formula is C31H35N5O4S. The Kier molecular flexibility index (Phi) is 8.00. The van der Waals surface area contributed by atoms with E-state index in [1.54, 1.807) is 32.0 Å². The number of anilines is 1. The van der Waals surface area contributed by atoms with Gasteiger partial charge in [-0.1, -0.05) is 61.7 Å². The van der Waals surface area contributed by atoms with Gasteiger partial charge in [-0.3, -0.25) is 14.7 Å². The second kappa shape index (κ2) is 11.5. The van der Waals surface area contributed by atoms with E-state index in [9.17, 15) is 13.2 Å². The first-order valence-electron chi connectivity index (χ1n) is 14.1. The number of hydrogen-bond donors (Lipinski definition) is 1. The normalized spacial score (nSPS) is 16.3. The number of aryl methyl sites for hydroxylation is 1. The summed E-state index contributed by atoms with van der Waals surface area (Å²) in [7, 11) is -4.03. The van der Waals surface area contributed by atoms with Crippen molar-refractivity contribution in [1.29, 1.82) is 0 Å². The van der Waals surface area contributed by atoms with Crippen molar-refractivity contribution in [2.45, 2.75) is 89.2 Å². The van der Waals surface area contributed by atoms with Crippen LogP contribution >= 0.6 is 0 Å². The Hall–Kier alpha value is -3.97. The fourth-order valence-electron chi connectivity index (χ4n) is 5.72. The number of sulfonamides is 1. The molecule has 1 N–H and O–H groups in total. The van der Waals surface area contributed by atoms with E-state index in [4.69, 9.17) is 16.1 Å². The average molecular weight is 574 g/mol. The van der Waals surface area contributed by atoms with E-state index in [0.717, 1.165) is 56.3 Å². The van der Waals surface area contributed by atoms with Crippen molar-refractivity contribution in [2.75, 3.05) is 4.72 Å². The summed E-state index contributed by atoms with van der Waals surface area (Å²) in [5.74, 6) is 1.01. The van der Waals surface area contributed by atoms with Gasteiger partial charge in [-0.15, -0.1) is 0 Å². The van der Waals surface area contributed by atoms with E-state index in [-0.39, 0.29) is 23.2 Å². The minimum absolute atomic E-state index is 0.0688. The maximum Gasteiger partial charge on any atom is 0.264 e. The first kappa shape index (κ1) is 28.6. The minimum Gasteiger partial charge on any atom is -0.337 e. The van der Waals surface area contributed by atoms with Crippen LogP contribution in [0.2, 0.25) is 0 Å². The fraction of sp³-hybridized carbons (Fsp3) is 0.419. The molecule has 1 spiro atoms. The molecule has 0 unspecified atom stereocenters. The monoisotopic (exact) mass is 573 g/mol. The van der Waals surface area contributed by atoms with E-state index in [1.165, 1.54) is 6.07 Å². The van der Waals surface area contributed by atoms with Crippen LogP contribution in [0, 0.1) is 20.4 Å². The molecule has 1 aliphatic heterocycles. The van der Waals surface area contributed by atoms with Gasteiger partial charge >= 0.3 is 0 Å². The van der Waals surface area contributed by atoms with E-state index in [2.05, 4.69) is 21.6 Å². The van der Waals surface area contributed by atoms with Crippen molar-refractivity contribution in [1.82, 2.24) is 10.1 Å². The number of amides is 1. The van der Waals surface area contributed by atoms with Crippen molar-refractivity contribution in [3.63, 3.8) is 0 Å². The van der Waals surface area contributed by atoms with Crippen LogP contribution < -0.4 is 4.72 Å². The van der Waals surface area contributed by atoms with Gasteiger partial charge in [0.25, 0.3) is 15.9 Å². The minimum atomic E-state index is -4.03. The number of rotatable bonds is 10. The third-order valence-corrected chi connectivity index (χ3v) is 9.48. The number of benzene rings is 2. The third-order valence-electron chi connectivity index (χ3n) is 8.09. The molecule has 9 nitrogen and oxygen atoms in total. The molecule has 1 fully saturated rings. The summed E-state index contributed by atoms with van der Waals surface area (Å²) in [4.78, 5) is 24.1. The Balaban J connectivity index is 1.48.